The van der Waals surface area contributed by atoms with Crippen LogP contribution in [0, 0.1) is 23.0 Å². The molecule has 0 bridgehead atoms. The van der Waals surface area contributed by atoms with Gasteiger partial charge in [-0.3, -0.25) is 9.78 Å². The second-order valence-corrected chi connectivity index (χ2v) is 7.67. The second kappa shape index (κ2) is 7.96. The fourth-order valence-electron chi connectivity index (χ4n) is 3.89. The molecule has 2 heterocycles. The lowest BCUT2D eigenvalue weighted by molar-refractivity contribution is -0.768. The summed E-state index contributed by atoms with van der Waals surface area (Å²) in [6, 6.07) is 7.37. The molecule has 1 aromatic carbocycles. The van der Waals surface area contributed by atoms with Gasteiger partial charge in [0.2, 0.25) is 0 Å². The quantitative estimate of drug-likeness (QED) is 0.411. The molecule has 1 aliphatic heterocycles. The van der Waals surface area contributed by atoms with Gasteiger partial charge < -0.3 is 14.3 Å². The summed E-state index contributed by atoms with van der Waals surface area (Å²) in [6.07, 6.45) is 2.07. The summed E-state index contributed by atoms with van der Waals surface area (Å²) in [7, 11) is 0. The number of ether oxygens (including phenoxy) is 2. The number of halogens is 1. The molecule has 8 nitrogen and oxygen atoms in total. The van der Waals surface area contributed by atoms with E-state index in [9.17, 15) is 14.9 Å². The Morgan fingerprint density at radius 2 is 2.07 bits per heavy atom. The van der Waals surface area contributed by atoms with E-state index in [1.807, 2.05) is 12.1 Å². The molecule has 0 amide bonds. The number of carbonyl (C=O) groups is 1. The van der Waals surface area contributed by atoms with Crippen molar-refractivity contribution in [1.82, 2.24) is 4.98 Å². The van der Waals surface area contributed by atoms with Gasteiger partial charge in [-0.05, 0) is 43.9 Å². The predicted octanol–water partition coefficient (Wildman–Crippen LogP) is 3.95. The highest BCUT2D eigenvalue weighted by atomic mass is 35.5. The number of benzene rings is 1. The first-order valence-electron chi connectivity index (χ1n) is 9.30. The van der Waals surface area contributed by atoms with Crippen molar-refractivity contribution in [2.45, 2.75) is 45.0 Å². The number of fused-ring (bicyclic) bond motifs is 1. The number of aryl methyl sites for hydroxylation is 1. The SMILES string of the molecule is Cc1ncc2c(c1OC(=O)C1CCC(O[N+](=O)[O-])C1)COC2c1ccc(Cl)cc1. The summed E-state index contributed by atoms with van der Waals surface area (Å²) in [4.78, 5) is 32.1. The molecule has 1 fully saturated rings. The van der Waals surface area contributed by atoms with Crippen LogP contribution in [0.1, 0.15) is 47.8 Å². The number of rotatable bonds is 5. The van der Waals surface area contributed by atoms with Crippen LogP contribution >= 0.6 is 11.6 Å². The van der Waals surface area contributed by atoms with Gasteiger partial charge in [0.1, 0.15) is 12.2 Å². The zero-order chi connectivity index (χ0) is 20.5. The molecule has 2 aliphatic rings. The summed E-state index contributed by atoms with van der Waals surface area (Å²) in [6.45, 7) is 2.07. The first kappa shape index (κ1) is 19.6. The average Bonchev–Trinajstić information content (AvgIpc) is 3.31. The van der Waals surface area contributed by atoms with Crippen molar-refractivity contribution in [3.63, 3.8) is 0 Å². The highest BCUT2D eigenvalue weighted by Crippen LogP contribution is 2.41. The van der Waals surface area contributed by atoms with Crippen LogP contribution < -0.4 is 4.74 Å². The van der Waals surface area contributed by atoms with Crippen molar-refractivity contribution < 1.29 is 24.2 Å². The van der Waals surface area contributed by atoms with Gasteiger partial charge in [0.25, 0.3) is 5.09 Å². The van der Waals surface area contributed by atoms with Crippen molar-refractivity contribution in [2.75, 3.05) is 0 Å². The van der Waals surface area contributed by atoms with Crippen molar-refractivity contribution in [3.05, 3.63) is 68.0 Å². The fourth-order valence-corrected chi connectivity index (χ4v) is 4.01. The summed E-state index contributed by atoms with van der Waals surface area (Å²) >= 11 is 5.97. The number of aromatic nitrogens is 1. The van der Waals surface area contributed by atoms with Gasteiger partial charge in [0, 0.05) is 22.3 Å². The standard InChI is InChI=1S/C20H19ClN2O6/c1-11-18(28-20(24)13-4-7-15(8-13)29-23(25)26)17-10-27-19(16(17)9-22-11)12-2-5-14(21)6-3-12/h2-3,5-6,9,13,15,19H,4,7-8,10H2,1H3. The Labute approximate surface area is 171 Å². The molecule has 0 saturated heterocycles. The number of hydrogen-bond acceptors (Lipinski definition) is 7. The molecule has 152 valence electrons. The number of carbonyl (C=O) groups excluding carboxylic acids is 1. The predicted molar refractivity (Wildman–Crippen MR) is 102 cm³/mol. The highest BCUT2D eigenvalue weighted by molar-refractivity contribution is 6.30. The Hall–Kier alpha value is -2.71. The molecule has 0 spiro atoms. The maximum Gasteiger partial charge on any atom is 0.314 e. The summed E-state index contributed by atoms with van der Waals surface area (Å²) < 4.78 is 11.6. The van der Waals surface area contributed by atoms with Gasteiger partial charge in [0.15, 0.2) is 5.75 Å². The number of hydrogen-bond donors (Lipinski definition) is 0. The third-order valence-electron chi connectivity index (χ3n) is 5.35. The Balaban J connectivity index is 1.53. The van der Waals surface area contributed by atoms with E-state index < -0.39 is 23.1 Å². The summed E-state index contributed by atoms with van der Waals surface area (Å²) in [5.74, 6) is -0.458. The minimum absolute atomic E-state index is 0.269. The van der Waals surface area contributed by atoms with E-state index in [0.717, 1.165) is 16.7 Å². The molecule has 1 aliphatic carbocycles. The highest BCUT2D eigenvalue weighted by Gasteiger charge is 2.35. The lowest BCUT2D eigenvalue weighted by atomic mass is 10.00. The molecule has 2 aromatic rings. The van der Waals surface area contributed by atoms with E-state index >= 15 is 0 Å². The van der Waals surface area contributed by atoms with E-state index in [2.05, 4.69) is 9.82 Å². The van der Waals surface area contributed by atoms with Crippen LogP contribution in [0.25, 0.3) is 0 Å². The summed E-state index contributed by atoms with van der Waals surface area (Å²) in [5, 5.41) is 10.3. The third kappa shape index (κ3) is 4.04. The Morgan fingerprint density at radius 1 is 1.31 bits per heavy atom. The monoisotopic (exact) mass is 418 g/mol. The minimum Gasteiger partial charge on any atom is -0.424 e. The molecule has 1 saturated carbocycles. The van der Waals surface area contributed by atoms with Gasteiger partial charge >= 0.3 is 5.97 Å². The minimum atomic E-state index is -0.815. The molecule has 0 N–H and O–H groups in total. The number of pyridine rings is 1. The molecule has 1 aromatic heterocycles. The zero-order valence-electron chi connectivity index (χ0n) is 15.7. The van der Waals surface area contributed by atoms with Gasteiger partial charge in [0.05, 0.1) is 18.2 Å². The first-order chi connectivity index (χ1) is 13.9. The number of nitrogens with zero attached hydrogens (tertiary/aromatic N) is 2. The van der Waals surface area contributed by atoms with Crippen LogP contribution in [0.2, 0.25) is 5.02 Å². The molecule has 3 unspecified atom stereocenters. The summed E-state index contributed by atoms with van der Waals surface area (Å²) in [5.41, 5.74) is 3.17. The van der Waals surface area contributed by atoms with Crippen LogP contribution in [0.5, 0.6) is 5.75 Å². The Kier molecular flexibility index (Phi) is 5.38. The third-order valence-corrected chi connectivity index (χ3v) is 5.61. The van der Waals surface area contributed by atoms with Crippen LogP contribution in [0.3, 0.4) is 0 Å². The fraction of sp³-hybridized carbons (Fsp3) is 0.400. The van der Waals surface area contributed by atoms with E-state index in [-0.39, 0.29) is 12.5 Å². The Bertz CT molecular complexity index is 949. The van der Waals surface area contributed by atoms with Crippen LogP contribution in [0.4, 0.5) is 0 Å². The molecular weight excluding hydrogens is 400 g/mol. The van der Waals surface area contributed by atoms with Crippen molar-refractivity contribution >= 4 is 17.6 Å². The average molecular weight is 419 g/mol. The maximum atomic E-state index is 12.7. The molecular formula is C20H19ClN2O6. The van der Waals surface area contributed by atoms with Gasteiger partial charge in [-0.2, -0.15) is 0 Å². The van der Waals surface area contributed by atoms with Crippen molar-refractivity contribution in [1.29, 1.82) is 0 Å². The Morgan fingerprint density at radius 3 is 2.79 bits per heavy atom. The van der Waals surface area contributed by atoms with Crippen molar-refractivity contribution in [3.8, 4) is 5.75 Å². The second-order valence-electron chi connectivity index (χ2n) is 7.23. The van der Waals surface area contributed by atoms with E-state index in [4.69, 9.17) is 21.1 Å². The number of esters is 1. The lowest BCUT2D eigenvalue weighted by Gasteiger charge is -2.15. The first-order valence-corrected chi connectivity index (χ1v) is 9.68. The van der Waals surface area contributed by atoms with Gasteiger partial charge in [-0.1, -0.05) is 23.7 Å². The van der Waals surface area contributed by atoms with Crippen LogP contribution in [0.15, 0.2) is 30.5 Å². The zero-order valence-corrected chi connectivity index (χ0v) is 16.4. The molecule has 0 radical (unpaired) electrons. The molecule has 3 atom stereocenters. The maximum absolute atomic E-state index is 12.7. The van der Waals surface area contributed by atoms with E-state index in [1.54, 1.807) is 25.3 Å². The van der Waals surface area contributed by atoms with Crippen LogP contribution in [-0.4, -0.2) is 22.1 Å². The largest absolute Gasteiger partial charge is 0.424 e. The van der Waals surface area contributed by atoms with Crippen molar-refractivity contribution in [2.24, 2.45) is 5.92 Å². The van der Waals surface area contributed by atoms with E-state index in [1.165, 1.54) is 0 Å². The van der Waals surface area contributed by atoms with Crippen LogP contribution in [-0.2, 0) is 21.0 Å². The normalized spacial score (nSPS) is 22.9. The van der Waals surface area contributed by atoms with Gasteiger partial charge in [-0.25, -0.2) is 0 Å². The molecule has 29 heavy (non-hydrogen) atoms. The lowest BCUT2D eigenvalue weighted by Crippen LogP contribution is -2.21. The molecule has 4 rings (SSSR count). The molecule has 9 heteroatoms. The topological polar surface area (TPSA) is 101 Å². The smallest absolute Gasteiger partial charge is 0.314 e. The van der Waals surface area contributed by atoms with Gasteiger partial charge in [-0.15, -0.1) is 10.1 Å². The van der Waals surface area contributed by atoms with E-state index in [0.29, 0.717) is 35.9 Å².